The normalized spacial score (nSPS) is 10.4. The Balaban J connectivity index is 1.94. The van der Waals surface area contributed by atoms with Crippen LogP contribution in [0.25, 0.3) is 0 Å². The fourth-order valence-electron chi connectivity index (χ4n) is 2.17. The maximum Gasteiger partial charge on any atom is 0.255 e. The van der Waals surface area contributed by atoms with E-state index in [4.69, 9.17) is 9.47 Å². The van der Waals surface area contributed by atoms with E-state index in [2.05, 4.69) is 21.2 Å². The number of nitrogens with one attached hydrogen (secondary N) is 1. The Morgan fingerprint density at radius 1 is 1.12 bits per heavy atom. The minimum absolute atomic E-state index is 0.130. The summed E-state index contributed by atoms with van der Waals surface area (Å²) in [5.41, 5.74) is 1.57. The molecule has 0 aromatic heterocycles. The molecule has 2 aromatic rings. The molecule has 1 N–H and O–H groups in total. The first-order chi connectivity index (χ1) is 11.7. The molecule has 0 aliphatic heterocycles. The standard InChI is InChI=1S/C19H22BrNO3/c1-2-23-13-7-12-21-19(22)16-9-4-6-11-18(16)24-14-15-8-3-5-10-17(15)20/h3-6,8-11H,2,7,12-14H2,1H3,(H,21,22). The molecule has 0 aliphatic rings. The van der Waals surface area contributed by atoms with Gasteiger partial charge in [0.1, 0.15) is 12.4 Å². The first-order valence-electron chi connectivity index (χ1n) is 8.03. The predicted molar refractivity (Wildman–Crippen MR) is 98.4 cm³/mol. The molecule has 5 heteroatoms. The van der Waals surface area contributed by atoms with Gasteiger partial charge in [0, 0.05) is 29.8 Å². The van der Waals surface area contributed by atoms with E-state index in [1.165, 1.54) is 0 Å². The summed E-state index contributed by atoms with van der Waals surface area (Å²) in [6.07, 6.45) is 0.791. The molecule has 0 spiro atoms. The van der Waals surface area contributed by atoms with Gasteiger partial charge in [0.05, 0.1) is 5.56 Å². The zero-order chi connectivity index (χ0) is 17.2. The summed E-state index contributed by atoms with van der Waals surface area (Å²) in [5.74, 6) is 0.449. The number of ether oxygens (including phenoxy) is 2. The van der Waals surface area contributed by atoms with Crippen LogP contribution in [-0.4, -0.2) is 25.7 Å². The molecular weight excluding hydrogens is 370 g/mol. The largest absolute Gasteiger partial charge is 0.488 e. The number of halogens is 1. The third kappa shape index (κ3) is 5.65. The van der Waals surface area contributed by atoms with Crippen LogP contribution >= 0.6 is 15.9 Å². The molecule has 0 fully saturated rings. The van der Waals surface area contributed by atoms with Crippen molar-refractivity contribution in [3.8, 4) is 5.75 Å². The second-order valence-corrected chi connectivity index (χ2v) is 6.04. The number of hydrogen-bond donors (Lipinski definition) is 1. The van der Waals surface area contributed by atoms with E-state index in [0.29, 0.717) is 37.7 Å². The van der Waals surface area contributed by atoms with E-state index in [0.717, 1.165) is 16.5 Å². The molecule has 0 saturated heterocycles. The van der Waals surface area contributed by atoms with Crippen LogP contribution in [0.4, 0.5) is 0 Å². The molecule has 0 bridgehead atoms. The van der Waals surface area contributed by atoms with Gasteiger partial charge in [0.15, 0.2) is 0 Å². The molecule has 1 amide bonds. The van der Waals surface area contributed by atoms with Gasteiger partial charge in [-0.2, -0.15) is 0 Å². The van der Waals surface area contributed by atoms with Crippen LogP contribution in [0.15, 0.2) is 53.0 Å². The molecule has 0 radical (unpaired) electrons. The summed E-state index contributed by atoms with van der Waals surface area (Å²) in [4.78, 5) is 12.3. The highest BCUT2D eigenvalue weighted by atomic mass is 79.9. The number of para-hydroxylation sites is 1. The van der Waals surface area contributed by atoms with E-state index in [1.54, 1.807) is 6.07 Å². The minimum Gasteiger partial charge on any atom is -0.488 e. The summed E-state index contributed by atoms with van der Waals surface area (Å²) in [6.45, 7) is 4.28. The van der Waals surface area contributed by atoms with Gasteiger partial charge in [-0.25, -0.2) is 0 Å². The lowest BCUT2D eigenvalue weighted by Crippen LogP contribution is -2.25. The lowest BCUT2D eigenvalue weighted by atomic mass is 10.2. The predicted octanol–water partition coefficient (Wildman–Crippen LogP) is 4.18. The topological polar surface area (TPSA) is 47.6 Å². The monoisotopic (exact) mass is 391 g/mol. The Bertz CT molecular complexity index is 661. The Kier molecular flexibility index (Phi) is 7.79. The van der Waals surface area contributed by atoms with Gasteiger partial charge in [0.25, 0.3) is 5.91 Å². The van der Waals surface area contributed by atoms with Crippen LogP contribution in [0, 0.1) is 0 Å². The van der Waals surface area contributed by atoms with Crippen LogP contribution in [0.5, 0.6) is 5.75 Å². The molecule has 0 heterocycles. The summed E-state index contributed by atoms with van der Waals surface area (Å²) < 4.78 is 12.1. The Morgan fingerprint density at radius 2 is 1.88 bits per heavy atom. The van der Waals surface area contributed by atoms with Gasteiger partial charge in [0.2, 0.25) is 0 Å². The maximum absolute atomic E-state index is 12.3. The minimum atomic E-state index is -0.130. The van der Waals surface area contributed by atoms with Gasteiger partial charge in [-0.15, -0.1) is 0 Å². The van der Waals surface area contributed by atoms with Crippen LogP contribution < -0.4 is 10.1 Å². The van der Waals surface area contributed by atoms with Crippen molar-refractivity contribution in [2.45, 2.75) is 20.0 Å². The molecule has 128 valence electrons. The van der Waals surface area contributed by atoms with Crippen molar-refractivity contribution in [1.82, 2.24) is 5.32 Å². The Hall–Kier alpha value is -1.85. The number of hydrogen-bond acceptors (Lipinski definition) is 3. The number of amides is 1. The van der Waals surface area contributed by atoms with Crippen molar-refractivity contribution in [2.75, 3.05) is 19.8 Å². The van der Waals surface area contributed by atoms with Gasteiger partial charge in [-0.05, 0) is 31.5 Å². The zero-order valence-electron chi connectivity index (χ0n) is 13.8. The quantitative estimate of drug-likeness (QED) is 0.652. The highest BCUT2D eigenvalue weighted by molar-refractivity contribution is 9.10. The molecule has 2 aromatic carbocycles. The van der Waals surface area contributed by atoms with E-state index < -0.39 is 0 Å². The Morgan fingerprint density at radius 3 is 2.67 bits per heavy atom. The second-order valence-electron chi connectivity index (χ2n) is 5.18. The third-order valence-corrected chi connectivity index (χ3v) is 4.20. The van der Waals surface area contributed by atoms with Crippen LogP contribution in [-0.2, 0) is 11.3 Å². The summed E-state index contributed by atoms with van der Waals surface area (Å²) in [5, 5.41) is 2.90. The third-order valence-electron chi connectivity index (χ3n) is 3.43. The van der Waals surface area contributed by atoms with Gasteiger partial charge < -0.3 is 14.8 Å². The van der Waals surface area contributed by atoms with E-state index in [-0.39, 0.29) is 5.91 Å². The summed E-state index contributed by atoms with van der Waals surface area (Å²) in [7, 11) is 0. The number of rotatable bonds is 9. The first kappa shape index (κ1) is 18.5. The molecule has 4 nitrogen and oxygen atoms in total. The van der Waals surface area contributed by atoms with Crippen molar-refractivity contribution in [2.24, 2.45) is 0 Å². The molecular formula is C19H22BrNO3. The highest BCUT2D eigenvalue weighted by Crippen LogP contribution is 2.22. The summed E-state index contributed by atoms with van der Waals surface area (Å²) >= 11 is 3.50. The van der Waals surface area contributed by atoms with Gasteiger partial charge in [-0.1, -0.05) is 46.3 Å². The van der Waals surface area contributed by atoms with Crippen molar-refractivity contribution in [3.05, 3.63) is 64.1 Å². The van der Waals surface area contributed by atoms with Crippen molar-refractivity contribution in [3.63, 3.8) is 0 Å². The zero-order valence-corrected chi connectivity index (χ0v) is 15.3. The fraction of sp³-hybridized carbons (Fsp3) is 0.316. The van der Waals surface area contributed by atoms with Crippen LogP contribution in [0.1, 0.15) is 29.3 Å². The van der Waals surface area contributed by atoms with Crippen molar-refractivity contribution >= 4 is 21.8 Å². The Labute approximate surface area is 151 Å². The van der Waals surface area contributed by atoms with Crippen molar-refractivity contribution in [1.29, 1.82) is 0 Å². The van der Waals surface area contributed by atoms with Crippen LogP contribution in [0.3, 0.4) is 0 Å². The highest BCUT2D eigenvalue weighted by Gasteiger charge is 2.12. The number of carbonyl (C=O) groups excluding carboxylic acids is 1. The van der Waals surface area contributed by atoms with E-state index >= 15 is 0 Å². The average molecular weight is 392 g/mol. The molecule has 0 unspecified atom stereocenters. The van der Waals surface area contributed by atoms with Gasteiger partial charge in [-0.3, -0.25) is 4.79 Å². The molecule has 0 saturated carbocycles. The maximum atomic E-state index is 12.3. The molecule has 0 atom stereocenters. The number of benzene rings is 2. The smallest absolute Gasteiger partial charge is 0.255 e. The fourth-order valence-corrected chi connectivity index (χ4v) is 2.57. The first-order valence-corrected chi connectivity index (χ1v) is 8.83. The average Bonchev–Trinajstić information content (AvgIpc) is 2.61. The molecule has 2 rings (SSSR count). The van der Waals surface area contributed by atoms with Crippen LogP contribution in [0.2, 0.25) is 0 Å². The lowest BCUT2D eigenvalue weighted by Gasteiger charge is -2.12. The number of carbonyl (C=O) groups is 1. The van der Waals surface area contributed by atoms with Gasteiger partial charge >= 0.3 is 0 Å². The molecule has 0 aliphatic carbocycles. The van der Waals surface area contributed by atoms with E-state index in [9.17, 15) is 4.79 Å². The van der Waals surface area contributed by atoms with E-state index in [1.807, 2.05) is 49.4 Å². The second kappa shape index (κ2) is 10.1. The lowest BCUT2D eigenvalue weighted by molar-refractivity contribution is 0.0940. The SMILES string of the molecule is CCOCCCNC(=O)c1ccccc1OCc1ccccc1Br. The summed E-state index contributed by atoms with van der Waals surface area (Å²) in [6, 6.07) is 15.1. The van der Waals surface area contributed by atoms with Crippen molar-refractivity contribution < 1.29 is 14.3 Å². The molecule has 24 heavy (non-hydrogen) atoms.